The van der Waals surface area contributed by atoms with E-state index >= 15 is 0 Å². The van der Waals surface area contributed by atoms with E-state index in [-0.39, 0.29) is 0 Å². The van der Waals surface area contributed by atoms with Crippen molar-refractivity contribution in [2.45, 2.75) is 13.5 Å². The summed E-state index contributed by atoms with van der Waals surface area (Å²) in [4.78, 5) is 9.03. The number of hydrogen-bond donors (Lipinski definition) is 1. The fourth-order valence-corrected chi connectivity index (χ4v) is 3.40. The number of nitrogens with one attached hydrogen (secondary N) is 1. The lowest BCUT2D eigenvalue weighted by Gasteiger charge is -2.12. The van der Waals surface area contributed by atoms with Gasteiger partial charge >= 0.3 is 0 Å². The van der Waals surface area contributed by atoms with Crippen LogP contribution in [0.4, 0.5) is 0 Å². The first-order valence-corrected chi connectivity index (χ1v) is 9.37. The second-order valence-corrected chi connectivity index (χ2v) is 6.77. The first-order chi connectivity index (χ1) is 14.3. The Morgan fingerprint density at radius 2 is 1.79 bits per heavy atom. The smallest absolute Gasteiger partial charge is 0.181 e. The molecule has 3 heterocycles. The summed E-state index contributed by atoms with van der Waals surface area (Å²) in [7, 11) is 0. The molecule has 0 aliphatic rings. The monoisotopic (exact) mass is 381 g/mol. The number of imidazole rings is 1. The quantitative estimate of drug-likeness (QED) is 0.501. The molecule has 0 aliphatic heterocycles. The van der Waals surface area contributed by atoms with Crippen LogP contribution in [0.3, 0.4) is 0 Å². The van der Waals surface area contributed by atoms with E-state index in [9.17, 15) is 0 Å². The van der Waals surface area contributed by atoms with Gasteiger partial charge in [0.2, 0.25) is 0 Å². The van der Waals surface area contributed by atoms with Crippen molar-refractivity contribution >= 4 is 0 Å². The maximum atomic E-state index is 4.64. The molecular weight excluding hydrogens is 362 g/mol. The Morgan fingerprint density at radius 1 is 0.931 bits per heavy atom. The van der Waals surface area contributed by atoms with Crippen molar-refractivity contribution in [1.82, 2.24) is 34.5 Å². The molecule has 5 rings (SSSR count). The average Bonchev–Trinajstić information content (AvgIpc) is 3.51. The number of aryl methyl sites for hydroxylation is 1. The number of nitrogens with zero attached hydrogens (tertiary/aromatic N) is 6. The number of rotatable bonds is 5. The first kappa shape index (κ1) is 17.1. The molecule has 0 spiro atoms. The summed E-state index contributed by atoms with van der Waals surface area (Å²) in [6.45, 7) is 2.59. The number of aromatic nitrogens is 7. The molecule has 0 saturated carbocycles. The highest BCUT2D eigenvalue weighted by molar-refractivity contribution is 5.64. The van der Waals surface area contributed by atoms with Crippen LogP contribution in [-0.4, -0.2) is 34.5 Å². The van der Waals surface area contributed by atoms with Crippen LogP contribution in [0.2, 0.25) is 0 Å². The van der Waals surface area contributed by atoms with Crippen LogP contribution in [-0.2, 0) is 6.54 Å². The minimum Gasteiger partial charge on any atom is -0.300 e. The third-order valence-corrected chi connectivity index (χ3v) is 4.79. The molecule has 3 aromatic heterocycles. The molecule has 0 bridgehead atoms. The van der Waals surface area contributed by atoms with E-state index in [2.05, 4.69) is 54.1 Å². The minimum atomic E-state index is 0.694. The van der Waals surface area contributed by atoms with Crippen molar-refractivity contribution in [3.63, 3.8) is 0 Å². The predicted molar refractivity (Wildman–Crippen MR) is 110 cm³/mol. The highest BCUT2D eigenvalue weighted by Gasteiger charge is 2.13. The summed E-state index contributed by atoms with van der Waals surface area (Å²) in [5.41, 5.74) is 4.25. The molecule has 2 aromatic carbocycles. The SMILES string of the molecule is Cc1nc(-c2ccc(-n3ccnc3-c3ccccc3Cn3cccn3)cc2)n[nH]1. The van der Waals surface area contributed by atoms with Crippen LogP contribution in [0.15, 0.2) is 79.4 Å². The molecule has 0 fully saturated rings. The van der Waals surface area contributed by atoms with E-state index in [4.69, 9.17) is 0 Å². The van der Waals surface area contributed by atoms with Gasteiger partial charge in [0.25, 0.3) is 0 Å². The van der Waals surface area contributed by atoms with Gasteiger partial charge in [0.15, 0.2) is 5.82 Å². The molecule has 7 heteroatoms. The molecule has 0 saturated heterocycles. The standard InChI is InChI=1S/C22H19N7/c1-16-25-21(27-26-16)17-7-9-19(10-8-17)29-14-12-23-22(29)20-6-3-2-5-18(20)15-28-13-4-11-24-28/h2-14H,15H2,1H3,(H,25,26,27). The molecule has 5 aromatic rings. The fourth-order valence-electron chi connectivity index (χ4n) is 3.40. The molecule has 1 N–H and O–H groups in total. The van der Waals surface area contributed by atoms with E-state index in [1.807, 2.05) is 60.5 Å². The fraction of sp³-hybridized carbons (Fsp3) is 0.0909. The Bertz CT molecular complexity index is 1230. The summed E-state index contributed by atoms with van der Waals surface area (Å²) in [6, 6.07) is 18.4. The van der Waals surface area contributed by atoms with E-state index in [0.717, 1.165) is 34.0 Å². The Balaban J connectivity index is 1.51. The van der Waals surface area contributed by atoms with Crippen molar-refractivity contribution in [2.75, 3.05) is 0 Å². The molecule has 29 heavy (non-hydrogen) atoms. The van der Waals surface area contributed by atoms with Crippen molar-refractivity contribution in [2.24, 2.45) is 0 Å². The van der Waals surface area contributed by atoms with Gasteiger partial charge in [-0.05, 0) is 42.8 Å². The summed E-state index contributed by atoms with van der Waals surface area (Å²) in [5.74, 6) is 2.40. The molecule has 142 valence electrons. The first-order valence-electron chi connectivity index (χ1n) is 9.37. The maximum absolute atomic E-state index is 4.64. The third kappa shape index (κ3) is 3.34. The summed E-state index contributed by atoms with van der Waals surface area (Å²) in [5, 5.41) is 11.4. The van der Waals surface area contributed by atoms with Crippen molar-refractivity contribution < 1.29 is 0 Å². The molecule has 0 unspecified atom stereocenters. The van der Waals surface area contributed by atoms with Gasteiger partial charge in [0.05, 0.1) is 6.54 Å². The number of hydrogen-bond acceptors (Lipinski definition) is 4. The maximum Gasteiger partial charge on any atom is 0.181 e. The minimum absolute atomic E-state index is 0.694. The normalized spacial score (nSPS) is 11.1. The second-order valence-electron chi connectivity index (χ2n) is 6.77. The molecule has 0 amide bonds. The average molecular weight is 381 g/mol. The van der Waals surface area contributed by atoms with Crippen LogP contribution >= 0.6 is 0 Å². The highest BCUT2D eigenvalue weighted by atomic mass is 15.3. The zero-order chi connectivity index (χ0) is 19.6. The Kier molecular flexibility index (Phi) is 4.25. The second kappa shape index (κ2) is 7.20. The highest BCUT2D eigenvalue weighted by Crippen LogP contribution is 2.26. The van der Waals surface area contributed by atoms with Gasteiger partial charge in [0.1, 0.15) is 11.6 Å². The van der Waals surface area contributed by atoms with Gasteiger partial charge in [-0.3, -0.25) is 14.3 Å². The molecular formula is C22H19N7. The number of aromatic amines is 1. The number of benzene rings is 2. The molecule has 7 nitrogen and oxygen atoms in total. The summed E-state index contributed by atoms with van der Waals surface area (Å²) >= 11 is 0. The van der Waals surface area contributed by atoms with Crippen LogP contribution in [0.5, 0.6) is 0 Å². The van der Waals surface area contributed by atoms with Gasteiger partial charge in [-0.15, -0.1) is 0 Å². The third-order valence-electron chi connectivity index (χ3n) is 4.79. The molecule has 0 aliphatic carbocycles. The van der Waals surface area contributed by atoms with E-state index in [1.165, 1.54) is 0 Å². The van der Waals surface area contributed by atoms with E-state index in [0.29, 0.717) is 12.4 Å². The largest absolute Gasteiger partial charge is 0.300 e. The van der Waals surface area contributed by atoms with Crippen LogP contribution in [0.25, 0.3) is 28.5 Å². The van der Waals surface area contributed by atoms with E-state index < -0.39 is 0 Å². The lowest BCUT2D eigenvalue weighted by Crippen LogP contribution is -2.04. The Hall–Kier alpha value is -4.00. The van der Waals surface area contributed by atoms with Crippen molar-refractivity contribution in [1.29, 1.82) is 0 Å². The predicted octanol–water partition coefficient (Wildman–Crippen LogP) is 3.88. The van der Waals surface area contributed by atoms with Gasteiger partial charge in [-0.25, -0.2) is 9.97 Å². The van der Waals surface area contributed by atoms with Crippen LogP contribution in [0.1, 0.15) is 11.4 Å². The van der Waals surface area contributed by atoms with Gasteiger partial charge in [-0.2, -0.15) is 10.2 Å². The zero-order valence-electron chi connectivity index (χ0n) is 15.9. The molecule has 0 atom stereocenters. The van der Waals surface area contributed by atoms with E-state index in [1.54, 1.807) is 6.20 Å². The van der Waals surface area contributed by atoms with Crippen molar-refractivity contribution in [3.05, 3.63) is 90.8 Å². The zero-order valence-corrected chi connectivity index (χ0v) is 15.9. The lowest BCUT2D eigenvalue weighted by molar-refractivity contribution is 0.687. The van der Waals surface area contributed by atoms with Gasteiger partial charge < -0.3 is 0 Å². The van der Waals surface area contributed by atoms with Crippen LogP contribution < -0.4 is 0 Å². The van der Waals surface area contributed by atoms with Crippen molar-refractivity contribution in [3.8, 4) is 28.5 Å². The topological polar surface area (TPSA) is 77.2 Å². The number of H-pyrrole nitrogens is 1. The van der Waals surface area contributed by atoms with Crippen LogP contribution in [0, 0.1) is 6.92 Å². The van der Waals surface area contributed by atoms with Gasteiger partial charge in [-0.1, -0.05) is 24.3 Å². The summed E-state index contributed by atoms with van der Waals surface area (Å²) in [6.07, 6.45) is 7.56. The van der Waals surface area contributed by atoms with Gasteiger partial charge in [0, 0.05) is 41.6 Å². The molecule has 0 radical (unpaired) electrons. The Morgan fingerprint density at radius 3 is 2.55 bits per heavy atom. The summed E-state index contributed by atoms with van der Waals surface area (Å²) < 4.78 is 4.01. The lowest BCUT2D eigenvalue weighted by atomic mass is 10.1. The Labute approximate surface area is 167 Å².